The van der Waals surface area contributed by atoms with Crippen molar-refractivity contribution in [1.82, 2.24) is 0 Å². The van der Waals surface area contributed by atoms with Gasteiger partial charge in [-0.05, 0) is 62.2 Å². The van der Waals surface area contributed by atoms with Gasteiger partial charge in [-0.25, -0.2) is 0 Å². The van der Waals surface area contributed by atoms with Crippen LogP contribution in [0.5, 0.6) is 0 Å². The van der Waals surface area contributed by atoms with Crippen LogP contribution in [0.15, 0.2) is 11.6 Å². The summed E-state index contributed by atoms with van der Waals surface area (Å²) in [5.41, 5.74) is -1.01. The molecule has 10 nitrogen and oxygen atoms in total. The fraction of sp³-hybridized carbons (Fsp3) is 0.938. The Hall–Kier alpha value is -0.660. The molecule has 3 aliphatic heterocycles. The van der Waals surface area contributed by atoms with E-state index in [0.29, 0.717) is 18.9 Å². The molecule has 0 unspecified atom stereocenters. The second-order valence-electron chi connectivity index (χ2n) is 15.3. The van der Waals surface area contributed by atoms with Crippen LogP contribution in [-0.2, 0) is 18.9 Å². The maximum absolute atomic E-state index is 12.6. The van der Waals surface area contributed by atoms with Crippen molar-refractivity contribution >= 4 is 0 Å². The van der Waals surface area contributed by atoms with Gasteiger partial charge in [0, 0.05) is 23.2 Å². The monoisotopic (exact) mass is 594 g/mol. The van der Waals surface area contributed by atoms with E-state index in [2.05, 4.69) is 33.8 Å². The van der Waals surface area contributed by atoms with E-state index in [-0.39, 0.29) is 41.8 Å². The van der Waals surface area contributed by atoms with E-state index >= 15 is 0 Å². The Balaban J connectivity index is 1.19. The zero-order valence-electron chi connectivity index (χ0n) is 25.3. The van der Waals surface area contributed by atoms with Gasteiger partial charge in [0.2, 0.25) is 0 Å². The van der Waals surface area contributed by atoms with Crippen molar-refractivity contribution in [3.05, 3.63) is 11.6 Å². The first-order valence-corrected chi connectivity index (χ1v) is 16.2. The highest BCUT2D eigenvalue weighted by atomic mass is 16.7. The number of ether oxygens (including phenoxy) is 4. The maximum atomic E-state index is 12.6. The molecule has 0 aromatic heterocycles. The van der Waals surface area contributed by atoms with Crippen LogP contribution in [0.4, 0.5) is 0 Å². The van der Waals surface area contributed by atoms with Gasteiger partial charge >= 0.3 is 0 Å². The molecule has 238 valence electrons. The lowest BCUT2D eigenvalue weighted by Crippen LogP contribution is -2.65. The third-order valence-electron chi connectivity index (χ3n) is 13.5. The molecule has 0 radical (unpaired) electrons. The first-order chi connectivity index (χ1) is 19.8. The first kappa shape index (κ1) is 30.0. The molecule has 7 rings (SSSR count). The van der Waals surface area contributed by atoms with Crippen molar-refractivity contribution in [1.29, 1.82) is 0 Å². The molecule has 6 fully saturated rings. The minimum atomic E-state index is -1.50. The van der Waals surface area contributed by atoms with Gasteiger partial charge in [-0.3, -0.25) is 0 Å². The molecular formula is C32H50O10. The molecule has 3 saturated heterocycles. The summed E-state index contributed by atoms with van der Waals surface area (Å²) in [6.07, 6.45) is -1.39. The number of fused-ring (bicyclic) bond motifs is 7. The average Bonchev–Trinajstić information content (AvgIpc) is 3.31. The van der Waals surface area contributed by atoms with Crippen molar-refractivity contribution in [2.45, 2.75) is 133 Å². The Morgan fingerprint density at radius 2 is 1.67 bits per heavy atom. The van der Waals surface area contributed by atoms with Gasteiger partial charge in [0.15, 0.2) is 12.1 Å². The molecule has 0 aromatic carbocycles. The molecule has 0 aromatic rings. The van der Waals surface area contributed by atoms with Crippen molar-refractivity contribution in [3.8, 4) is 0 Å². The first-order valence-electron chi connectivity index (χ1n) is 16.2. The maximum Gasteiger partial charge on any atom is 0.186 e. The molecule has 0 amide bonds. The zero-order chi connectivity index (χ0) is 30.0. The third-order valence-corrected chi connectivity index (χ3v) is 13.5. The summed E-state index contributed by atoms with van der Waals surface area (Å²) in [5.74, 6) is 0.0678. The molecule has 3 saturated carbocycles. The molecule has 10 heteroatoms. The molecule has 6 N–H and O–H groups in total. The molecule has 3 heterocycles. The van der Waals surface area contributed by atoms with Crippen molar-refractivity contribution < 1.29 is 49.6 Å². The predicted molar refractivity (Wildman–Crippen MR) is 149 cm³/mol. The van der Waals surface area contributed by atoms with E-state index in [1.165, 1.54) is 0 Å². The second-order valence-corrected chi connectivity index (χ2v) is 15.3. The summed E-state index contributed by atoms with van der Waals surface area (Å²) in [4.78, 5) is 0. The van der Waals surface area contributed by atoms with Crippen LogP contribution in [0.2, 0.25) is 0 Å². The zero-order valence-corrected chi connectivity index (χ0v) is 25.3. The molecule has 17 atom stereocenters. The molecule has 0 bridgehead atoms. The SMILES string of the molecule is C[C@@H]1CC[C@@]2(OC1)O[C@H]1C[C@H]3[C@@H]4CC=C5C[C@@H](O)[C@H](O)[C@@H](O[C@@H]6OC[C@@H](O)[C@H](O)[C@H]6O)[C@]5(C)[C@H]4CC[C@]3(C)[C@@]1(O)[C@@H]2C. The molecule has 4 aliphatic carbocycles. The topological polar surface area (TPSA) is 158 Å². The standard InChI is InChI=1S/C32H50O10/c1-15-7-10-31(40-13-15)16(2)32(38)23(42-31)12-20-18-6-5-17-11-21(33)25(36)27(30(17,4)19(18)8-9-29(20,32)3)41-28-26(37)24(35)22(34)14-39-28/h5,15-16,18-28,33-38H,6-14H2,1-4H3/t15-,16-,18-,19+,20+,21-,22-,23+,24+,25+,26-,27-,28+,29+,30+,31-,32-/m1/s1. The highest BCUT2D eigenvalue weighted by Crippen LogP contribution is 2.72. The summed E-state index contributed by atoms with van der Waals surface area (Å²) >= 11 is 0. The third kappa shape index (κ3) is 3.80. The molecule has 42 heavy (non-hydrogen) atoms. The lowest BCUT2D eigenvalue weighted by atomic mass is 9.45. The molecule has 1 spiro atoms. The van der Waals surface area contributed by atoms with Gasteiger partial charge in [0.05, 0.1) is 31.5 Å². The van der Waals surface area contributed by atoms with Crippen LogP contribution in [0.1, 0.15) is 72.6 Å². The summed E-state index contributed by atoms with van der Waals surface area (Å²) < 4.78 is 25.0. The molecular weight excluding hydrogens is 544 g/mol. The van der Waals surface area contributed by atoms with Gasteiger partial charge in [0.25, 0.3) is 0 Å². The number of hydrogen-bond donors (Lipinski definition) is 6. The number of aliphatic hydroxyl groups is 6. The highest BCUT2D eigenvalue weighted by molar-refractivity contribution is 5.31. The van der Waals surface area contributed by atoms with Gasteiger partial charge in [0.1, 0.15) is 30.0 Å². The van der Waals surface area contributed by atoms with Crippen LogP contribution in [0.25, 0.3) is 0 Å². The van der Waals surface area contributed by atoms with Crippen molar-refractivity contribution in [2.24, 2.45) is 40.4 Å². The Bertz CT molecular complexity index is 1090. The summed E-state index contributed by atoms with van der Waals surface area (Å²) in [7, 11) is 0. The predicted octanol–water partition coefficient (Wildman–Crippen LogP) is 1.23. The van der Waals surface area contributed by atoms with E-state index in [4.69, 9.17) is 18.9 Å². The second kappa shape index (κ2) is 9.92. The number of allylic oxidation sites excluding steroid dienone is 1. The fourth-order valence-corrected chi connectivity index (χ4v) is 10.9. The van der Waals surface area contributed by atoms with E-state index in [9.17, 15) is 30.6 Å². The highest BCUT2D eigenvalue weighted by Gasteiger charge is 2.76. The fourth-order valence-electron chi connectivity index (χ4n) is 10.9. The quantitative estimate of drug-likeness (QED) is 0.257. The Morgan fingerprint density at radius 1 is 0.905 bits per heavy atom. The van der Waals surface area contributed by atoms with Crippen LogP contribution in [0, 0.1) is 40.4 Å². The van der Waals surface area contributed by atoms with Gasteiger partial charge in [-0.2, -0.15) is 0 Å². The van der Waals surface area contributed by atoms with E-state index in [1.807, 2.05) is 0 Å². The smallest absolute Gasteiger partial charge is 0.186 e. The summed E-state index contributed by atoms with van der Waals surface area (Å²) in [5, 5.41) is 65.7. The van der Waals surface area contributed by atoms with Crippen LogP contribution in [0.3, 0.4) is 0 Å². The normalized spacial score (nSPS) is 60.8. The van der Waals surface area contributed by atoms with E-state index in [1.54, 1.807) is 0 Å². The Labute approximate surface area is 248 Å². The number of rotatable bonds is 2. The Morgan fingerprint density at radius 3 is 2.38 bits per heavy atom. The van der Waals surface area contributed by atoms with E-state index in [0.717, 1.165) is 44.1 Å². The molecule has 7 aliphatic rings. The van der Waals surface area contributed by atoms with Crippen LogP contribution >= 0.6 is 0 Å². The minimum Gasteiger partial charge on any atom is -0.390 e. The van der Waals surface area contributed by atoms with E-state index < -0.39 is 59.7 Å². The van der Waals surface area contributed by atoms with Gasteiger partial charge in [-0.15, -0.1) is 0 Å². The Kier molecular flexibility index (Phi) is 7.09. The summed E-state index contributed by atoms with van der Waals surface area (Å²) in [6, 6.07) is 0. The van der Waals surface area contributed by atoms with Gasteiger partial charge in [-0.1, -0.05) is 39.3 Å². The number of aliphatic hydroxyl groups excluding tert-OH is 5. The number of hydrogen-bond acceptors (Lipinski definition) is 10. The lowest BCUT2D eigenvalue weighted by molar-refractivity contribution is -0.313. The van der Waals surface area contributed by atoms with Crippen molar-refractivity contribution in [3.63, 3.8) is 0 Å². The average molecular weight is 595 g/mol. The van der Waals surface area contributed by atoms with Gasteiger partial charge < -0.3 is 49.6 Å². The van der Waals surface area contributed by atoms with Crippen molar-refractivity contribution in [2.75, 3.05) is 13.2 Å². The lowest BCUT2D eigenvalue weighted by Gasteiger charge is -2.62. The summed E-state index contributed by atoms with van der Waals surface area (Å²) in [6.45, 7) is 9.08. The van der Waals surface area contributed by atoms with Crippen LogP contribution in [-0.4, -0.2) is 104 Å². The van der Waals surface area contributed by atoms with Crippen LogP contribution < -0.4 is 0 Å². The minimum absolute atomic E-state index is 0.0949. The largest absolute Gasteiger partial charge is 0.390 e.